The summed E-state index contributed by atoms with van der Waals surface area (Å²) in [4.78, 5) is 32.0. The van der Waals surface area contributed by atoms with Crippen molar-refractivity contribution in [2.75, 3.05) is 36.4 Å². The minimum atomic E-state index is -0.308. The number of rotatable bonds is 3. The third kappa shape index (κ3) is 4.09. The number of hydrogen-bond acceptors (Lipinski definition) is 4. The maximum absolute atomic E-state index is 12.4. The second-order valence-corrected chi connectivity index (χ2v) is 6.23. The summed E-state index contributed by atoms with van der Waals surface area (Å²) >= 11 is 6.07. The molecular weight excluding hydrogens is 340 g/mol. The summed E-state index contributed by atoms with van der Waals surface area (Å²) in [6, 6.07) is 10.7. The minimum Gasteiger partial charge on any atom is -0.368 e. The van der Waals surface area contributed by atoms with Crippen LogP contribution in [-0.2, 0) is 4.79 Å². The first kappa shape index (κ1) is 17.2. The Bertz CT molecular complexity index is 788. The molecule has 1 aromatic heterocycles. The lowest BCUT2D eigenvalue weighted by molar-refractivity contribution is -0.129. The highest BCUT2D eigenvalue weighted by molar-refractivity contribution is 6.33. The van der Waals surface area contributed by atoms with E-state index in [1.165, 1.54) is 0 Å². The Kier molecular flexibility index (Phi) is 5.19. The summed E-state index contributed by atoms with van der Waals surface area (Å²) < 4.78 is 0. The van der Waals surface area contributed by atoms with Crippen molar-refractivity contribution in [3.63, 3.8) is 0 Å². The molecule has 1 fully saturated rings. The van der Waals surface area contributed by atoms with Gasteiger partial charge in [-0.25, -0.2) is 0 Å². The van der Waals surface area contributed by atoms with E-state index >= 15 is 0 Å². The predicted octanol–water partition coefficient (Wildman–Crippen LogP) is 2.66. The molecule has 2 heterocycles. The van der Waals surface area contributed by atoms with Crippen LogP contribution in [0.1, 0.15) is 17.4 Å². The molecule has 0 aliphatic carbocycles. The van der Waals surface area contributed by atoms with Crippen molar-refractivity contribution in [1.29, 1.82) is 0 Å². The first-order valence-electron chi connectivity index (χ1n) is 8.07. The zero-order valence-electron chi connectivity index (χ0n) is 13.9. The summed E-state index contributed by atoms with van der Waals surface area (Å²) in [7, 11) is 0. The predicted molar refractivity (Wildman–Crippen MR) is 98.1 cm³/mol. The van der Waals surface area contributed by atoms with Gasteiger partial charge in [0.1, 0.15) is 5.69 Å². The van der Waals surface area contributed by atoms with Crippen LogP contribution < -0.4 is 10.2 Å². The number of carbonyl (C=O) groups is 2. The van der Waals surface area contributed by atoms with Crippen molar-refractivity contribution in [2.24, 2.45) is 0 Å². The number of para-hydroxylation sites is 1. The number of nitrogens with zero attached hydrogens (tertiary/aromatic N) is 3. The number of anilines is 2. The molecule has 130 valence electrons. The molecule has 7 heteroatoms. The quantitative estimate of drug-likeness (QED) is 0.916. The Balaban J connectivity index is 1.70. The van der Waals surface area contributed by atoms with Gasteiger partial charge < -0.3 is 15.1 Å². The molecule has 2 aromatic rings. The van der Waals surface area contributed by atoms with Gasteiger partial charge in [0.2, 0.25) is 5.91 Å². The van der Waals surface area contributed by atoms with Gasteiger partial charge in [0.25, 0.3) is 5.91 Å². The van der Waals surface area contributed by atoms with Crippen molar-refractivity contribution in [3.05, 3.63) is 53.3 Å². The lowest BCUT2D eigenvalue weighted by Crippen LogP contribution is -2.48. The van der Waals surface area contributed by atoms with E-state index in [1.54, 1.807) is 43.5 Å². The maximum Gasteiger partial charge on any atom is 0.274 e. The van der Waals surface area contributed by atoms with Crippen LogP contribution in [0.4, 0.5) is 11.4 Å². The molecule has 3 rings (SSSR count). The molecule has 0 spiro atoms. The fraction of sp³-hybridized carbons (Fsp3) is 0.278. The van der Waals surface area contributed by atoms with Gasteiger partial charge in [0.15, 0.2) is 0 Å². The van der Waals surface area contributed by atoms with E-state index in [-0.39, 0.29) is 11.8 Å². The van der Waals surface area contributed by atoms with Crippen molar-refractivity contribution in [3.8, 4) is 0 Å². The van der Waals surface area contributed by atoms with E-state index in [2.05, 4.69) is 15.2 Å². The first-order chi connectivity index (χ1) is 12.0. The molecule has 2 amide bonds. The lowest BCUT2D eigenvalue weighted by atomic mass is 10.2. The number of amides is 2. The second kappa shape index (κ2) is 7.53. The second-order valence-electron chi connectivity index (χ2n) is 5.83. The third-order valence-electron chi connectivity index (χ3n) is 4.19. The summed E-state index contributed by atoms with van der Waals surface area (Å²) in [6.07, 6.45) is 1.62. The van der Waals surface area contributed by atoms with Gasteiger partial charge in [-0.05, 0) is 24.3 Å². The highest BCUT2D eigenvalue weighted by Gasteiger charge is 2.20. The molecule has 1 saturated heterocycles. The van der Waals surface area contributed by atoms with Crippen LogP contribution in [-0.4, -0.2) is 47.9 Å². The zero-order valence-corrected chi connectivity index (χ0v) is 14.7. The smallest absolute Gasteiger partial charge is 0.274 e. The molecule has 1 aliphatic rings. The average Bonchev–Trinajstić information content (AvgIpc) is 2.64. The largest absolute Gasteiger partial charge is 0.368 e. The topological polar surface area (TPSA) is 65.5 Å². The molecule has 0 radical (unpaired) electrons. The Hall–Kier alpha value is -2.60. The third-order valence-corrected chi connectivity index (χ3v) is 4.52. The normalized spacial score (nSPS) is 14.3. The lowest BCUT2D eigenvalue weighted by Gasteiger charge is -2.35. The zero-order chi connectivity index (χ0) is 17.8. The summed E-state index contributed by atoms with van der Waals surface area (Å²) in [6.45, 7) is 4.40. The summed E-state index contributed by atoms with van der Waals surface area (Å²) in [5.74, 6) is -0.216. The van der Waals surface area contributed by atoms with Gasteiger partial charge >= 0.3 is 0 Å². The van der Waals surface area contributed by atoms with E-state index in [0.717, 1.165) is 18.8 Å². The number of pyridine rings is 1. The van der Waals surface area contributed by atoms with Gasteiger partial charge in [-0.15, -0.1) is 0 Å². The van der Waals surface area contributed by atoms with E-state index in [9.17, 15) is 9.59 Å². The molecule has 0 unspecified atom stereocenters. The van der Waals surface area contributed by atoms with Gasteiger partial charge in [-0.3, -0.25) is 14.6 Å². The number of nitrogens with one attached hydrogen (secondary N) is 1. The van der Waals surface area contributed by atoms with Crippen molar-refractivity contribution >= 4 is 34.8 Å². The van der Waals surface area contributed by atoms with Crippen molar-refractivity contribution in [2.45, 2.75) is 6.92 Å². The highest BCUT2D eigenvalue weighted by Crippen LogP contribution is 2.22. The van der Waals surface area contributed by atoms with Crippen LogP contribution in [0.15, 0.2) is 42.6 Å². The Morgan fingerprint density at radius 3 is 2.52 bits per heavy atom. The first-order valence-corrected chi connectivity index (χ1v) is 8.45. The van der Waals surface area contributed by atoms with Gasteiger partial charge in [0.05, 0.1) is 10.7 Å². The number of benzene rings is 1. The number of piperazine rings is 1. The average molecular weight is 359 g/mol. The molecule has 25 heavy (non-hydrogen) atoms. The van der Waals surface area contributed by atoms with E-state index < -0.39 is 0 Å². The molecule has 0 atom stereocenters. The van der Waals surface area contributed by atoms with Gasteiger partial charge in [-0.2, -0.15) is 0 Å². The summed E-state index contributed by atoms with van der Waals surface area (Å²) in [5.41, 5.74) is 1.80. The highest BCUT2D eigenvalue weighted by atomic mass is 35.5. The van der Waals surface area contributed by atoms with Crippen LogP contribution in [0.2, 0.25) is 5.02 Å². The van der Waals surface area contributed by atoms with Crippen molar-refractivity contribution in [1.82, 2.24) is 9.88 Å². The molecule has 1 aromatic carbocycles. The number of halogens is 1. The molecule has 6 nitrogen and oxygen atoms in total. The minimum absolute atomic E-state index is 0.0918. The van der Waals surface area contributed by atoms with Crippen molar-refractivity contribution < 1.29 is 9.59 Å². The van der Waals surface area contributed by atoms with Gasteiger partial charge in [-0.1, -0.05) is 23.7 Å². The molecule has 1 aliphatic heterocycles. The monoisotopic (exact) mass is 358 g/mol. The van der Waals surface area contributed by atoms with E-state index in [0.29, 0.717) is 29.5 Å². The maximum atomic E-state index is 12.4. The molecule has 0 saturated carbocycles. The number of carbonyl (C=O) groups excluding carboxylic acids is 2. The van der Waals surface area contributed by atoms with Crippen LogP contribution in [0.25, 0.3) is 0 Å². The fourth-order valence-electron chi connectivity index (χ4n) is 2.77. The fourth-order valence-corrected chi connectivity index (χ4v) is 2.95. The molecule has 0 bridgehead atoms. The van der Waals surface area contributed by atoms with Gasteiger partial charge in [0, 0.05) is 45.0 Å². The van der Waals surface area contributed by atoms with Crippen LogP contribution in [0.5, 0.6) is 0 Å². The van der Waals surface area contributed by atoms with Crippen LogP contribution in [0, 0.1) is 0 Å². The van der Waals surface area contributed by atoms with E-state index in [1.807, 2.05) is 11.0 Å². The van der Waals surface area contributed by atoms with E-state index in [4.69, 9.17) is 11.6 Å². The Morgan fingerprint density at radius 1 is 1.12 bits per heavy atom. The Labute approximate surface area is 151 Å². The van der Waals surface area contributed by atoms with Crippen LogP contribution in [0.3, 0.4) is 0 Å². The SMILES string of the molecule is CC(=O)N1CCN(c2ccnc(C(=O)Nc3ccccc3Cl)c2)CC1. The van der Waals surface area contributed by atoms with Crippen LogP contribution >= 0.6 is 11.6 Å². The number of hydrogen-bond donors (Lipinski definition) is 1. The molecule has 1 N–H and O–H groups in total. The summed E-state index contributed by atoms with van der Waals surface area (Å²) in [5, 5.41) is 3.25. The standard InChI is InChI=1S/C18H19ClN4O2/c1-13(24)22-8-10-23(11-9-22)14-6-7-20-17(12-14)18(25)21-16-5-3-2-4-15(16)19/h2-7,12H,8-11H2,1H3,(H,21,25). The Morgan fingerprint density at radius 2 is 1.84 bits per heavy atom. The number of aromatic nitrogens is 1. The molecular formula is C18H19ClN4O2.